The minimum absolute atomic E-state index is 0.0820. The number of nitrogens with zero attached hydrogens (tertiary/aromatic N) is 3. The lowest BCUT2D eigenvalue weighted by atomic mass is 10.2. The Kier molecular flexibility index (Phi) is 5.16. The summed E-state index contributed by atoms with van der Waals surface area (Å²) in [6.45, 7) is 2.31. The summed E-state index contributed by atoms with van der Waals surface area (Å²) in [5.41, 5.74) is 1.54. The van der Waals surface area contributed by atoms with Crippen molar-refractivity contribution in [2.24, 2.45) is 5.10 Å². The van der Waals surface area contributed by atoms with Gasteiger partial charge in [0.1, 0.15) is 0 Å². The smallest absolute Gasteiger partial charge is 0.216 e. The van der Waals surface area contributed by atoms with Gasteiger partial charge in [-0.15, -0.1) is 0 Å². The molecule has 0 aliphatic heterocycles. The molecule has 128 valence electrons. The van der Waals surface area contributed by atoms with Crippen molar-refractivity contribution in [1.82, 2.24) is 14.9 Å². The van der Waals surface area contributed by atoms with Gasteiger partial charge in [-0.25, -0.2) is 5.10 Å². The number of aromatic amines is 1. The number of aromatic nitrogens is 3. The van der Waals surface area contributed by atoms with Crippen LogP contribution in [0.25, 0.3) is 11.4 Å². The highest BCUT2D eigenvalue weighted by atomic mass is 35.5. The van der Waals surface area contributed by atoms with Crippen LogP contribution < -0.4 is 4.74 Å². The van der Waals surface area contributed by atoms with Gasteiger partial charge in [-0.2, -0.15) is 14.9 Å². The van der Waals surface area contributed by atoms with Gasteiger partial charge < -0.3 is 9.84 Å². The summed E-state index contributed by atoms with van der Waals surface area (Å²) in [7, 11) is 0. The molecule has 0 aliphatic rings. The van der Waals surface area contributed by atoms with Crippen LogP contribution >= 0.6 is 23.8 Å². The highest BCUT2D eigenvalue weighted by Crippen LogP contribution is 2.26. The van der Waals surface area contributed by atoms with E-state index in [9.17, 15) is 5.11 Å². The number of halogens is 1. The quantitative estimate of drug-likeness (QED) is 0.517. The predicted octanol–water partition coefficient (Wildman–Crippen LogP) is 4.25. The molecule has 8 heteroatoms. The fourth-order valence-electron chi connectivity index (χ4n) is 2.22. The van der Waals surface area contributed by atoms with Crippen LogP contribution in [0.2, 0.25) is 5.02 Å². The van der Waals surface area contributed by atoms with E-state index < -0.39 is 0 Å². The lowest BCUT2D eigenvalue weighted by molar-refractivity contribution is 0.318. The second kappa shape index (κ2) is 7.50. The zero-order chi connectivity index (χ0) is 17.8. The first-order valence-electron chi connectivity index (χ1n) is 7.52. The third-order valence-electron chi connectivity index (χ3n) is 3.34. The third kappa shape index (κ3) is 3.89. The third-order valence-corrected chi connectivity index (χ3v) is 3.84. The van der Waals surface area contributed by atoms with Crippen molar-refractivity contribution in [2.45, 2.75) is 6.92 Å². The number of benzene rings is 2. The zero-order valence-corrected chi connectivity index (χ0v) is 14.9. The van der Waals surface area contributed by atoms with Crippen molar-refractivity contribution in [3.05, 3.63) is 57.8 Å². The molecule has 1 aromatic heterocycles. The largest absolute Gasteiger partial charge is 0.504 e. The van der Waals surface area contributed by atoms with E-state index in [1.54, 1.807) is 36.5 Å². The first kappa shape index (κ1) is 17.2. The molecular formula is C17H15ClN4O2S. The van der Waals surface area contributed by atoms with Gasteiger partial charge in [0.25, 0.3) is 0 Å². The summed E-state index contributed by atoms with van der Waals surface area (Å²) in [5.74, 6) is 1.03. The van der Waals surface area contributed by atoms with Gasteiger partial charge in [-0.05, 0) is 55.0 Å². The highest BCUT2D eigenvalue weighted by Gasteiger charge is 2.09. The van der Waals surface area contributed by atoms with Crippen molar-refractivity contribution in [2.75, 3.05) is 6.61 Å². The van der Waals surface area contributed by atoms with Gasteiger partial charge in [-0.1, -0.05) is 23.7 Å². The molecule has 0 radical (unpaired) electrons. The summed E-state index contributed by atoms with van der Waals surface area (Å²) in [5, 5.41) is 21.7. The maximum Gasteiger partial charge on any atom is 0.216 e. The highest BCUT2D eigenvalue weighted by molar-refractivity contribution is 7.71. The van der Waals surface area contributed by atoms with E-state index >= 15 is 0 Å². The molecule has 2 N–H and O–H groups in total. The van der Waals surface area contributed by atoms with E-state index in [0.29, 0.717) is 28.0 Å². The fraction of sp³-hybridized carbons (Fsp3) is 0.118. The van der Waals surface area contributed by atoms with E-state index in [2.05, 4.69) is 15.3 Å². The van der Waals surface area contributed by atoms with Crippen molar-refractivity contribution < 1.29 is 9.84 Å². The molecule has 3 aromatic rings. The lowest BCUT2D eigenvalue weighted by Crippen LogP contribution is -1.96. The topological polar surface area (TPSA) is 75.4 Å². The molecule has 0 spiro atoms. The molecule has 0 unspecified atom stereocenters. The Morgan fingerprint density at radius 3 is 2.96 bits per heavy atom. The Balaban J connectivity index is 1.96. The number of hydrogen-bond acceptors (Lipinski definition) is 5. The van der Waals surface area contributed by atoms with E-state index in [-0.39, 0.29) is 5.75 Å². The SMILES string of the molecule is CCOc1cc(/C=N\n2c(-c3cccc(Cl)c3)n[nH]c2=S)ccc1O. The van der Waals surface area contributed by atoms with Crippen molar-refractivity contribution in [3.63, 3.8) is 0 Å². The fourth-order valence-corrected chi connectivity index (χ4v) is 2.59. The number of phenolic OH excluding ortho intramolecular Hbond substituents is 1. The maximum atomic E-state index is 9.76. The average Bonchev–Trinajstić information content (AvgIpc) is 2.96. The molecule has 0 bridgehead atoms. The van der Waals surface area contributed by atoms with Gasteiger partial charge in [0.15, 0.2) is 17.3 Å². The van der Waals surface area contributed by atoms with Crippen LogP contribution in [0.1, 0.15) is 12.5 Å². The second-order valence-corrected chi connectivity index (χ2v) is 5.90. The molecule has 1 heterocycles. The van der Waals surface area contributed by atoms with Crippen LogP contribution in [0, 0.1) is 4.77 Å². The number of aromatic hydroxyl groups is 1. The number of ether oxygens (including phenoxy) is 1. The molecule has 25 heavy (non-hydrogen) atoms. The van der Waals surface area contributed by atoms with Crippen molar-refractivity contribution in [3.8, 4) is 22.9 Å². The second-order valence-electron chi connectivity index (χ2n) is 5.08. The monoisotopic (exact) mass is 374 g/mol. The predicted molar refractivity (Wildman–Crippen MR) is 100 cm³/mol. The molecule has 0 atom stereocenters. The summed E-state index contributed by atoms with van der Waals surface area (Å²) in [6, 6.07) is 12.3. The number of phenols is 1. The van der Waals surface area contributed by atoms with Gasteiger partial charge in [0.05, 0.1) is 12.8 Å². The molecule has 6 nitrogen and oxygen atoms in total. The van der Waals surface area contributed by atoms with E-state index in [0.717, 1.165) is 11.1 Å². The zero-order valence-electron chi connectivity index (χ0n) is 13.3. The number of nitrogens with one attached hydrogen (secondary N) is 1. The van der Waals surface area contributed by atoms with Gasteiger partial charge >= 0.3 is 0 Å². The average molecular weight is 375 g/mol. The Morgan fingerprint density at radius 1 is 1.36 bits per heavy atom. The maximum absolute atomic E-state index is 9.76. The van der Waals surface area contributed by atoms with Crippen LogP contribution in [0.4, 0.5) is 0 Å². The lowest BCUT2D eigenvalue weighted by Gasteiger charge is -2.06. The molecular weight excluding hydrogens is 360 g/mol. The number of hydrogen-bond donors (Lipinski definition) is 2. The molecule has 0 amide bonds. The molecule has 0 aliphatic carbocycles. The van der Waals surface area contributed by atoms with Gasteiger partial charge in [0.2, 0.25) is 4.77 Å². The van der Waals surface area contributed by atoms with E-state index in [4.69, 9.17) is 28.6 Å². The molecule has 2 aromatic carbocycles. The number of rotatable bonds is 5. The minimum atomic E-state index is 0.0820. The summed E-state index contributed by atoms with van der Waals surface area (Å²) in [6.07, 6.45) is 1.61. The van der Waals surface area contributed by atoms with Crippen LogP contribution in [0.3, 0.4) is 0 Å². The van der Waals surface area contributed by atoms with Crippen LogP contribution in [-0.4, -0.2) is 32.8 Å². The minimum Gasteiger partial charge on any atom is -0.504 e. The van der Waals surface area contributed by atoms with Gasteiger partial charge in [0, 0.05) is 10.6 Å². The van der Waals surface area contributed by atoms with Crippen LogP contribution in [0.5, 0.6) is 11.5 Å². The van der Waals surface area contributed by atoms with E-state index in [1.165, 1.54) is 4.68 Å². The van der Waals surface area contributed by atoms with Gasteiger partial charge in [-0.3, -0.25) is 0 Å². The number of H-pyrrole nitrogens is 1. The molecule has 0 saturated heterocycles. The van der Waals surface area contributed by atoms with Crippen molar-refractivity contribution >= 4 is 30.0 Å². The summed E-state index contributed by atoms with van der Waals surface area (Å²) < 4.78 is 7.24. The molecule has 0 fully saturated rings. The normalized spacial score (nSPS) is 11.1. The summed E-state index contributed by atoms with van der Waals surface area (Å²) in [4.78, 5) is 0. The molecule has 0 saturated carbocycles. The first-order chi connectivity index (χ1) is 12.1. The summed E-state index contributed by atoms with van der Waals surface area (Å²) >= 11 is 11.3. The Hall–Kier alpha value is -2.64. The standard InChI is InChI=1S/C17H15ClN4O2S/c1-2-24-15-8-11(6-7-14(15)23)10-19-22-16(20-21-17(22)25)12-4-3-5-13(18)9-12/h3-10,23H,2H2,1H3,(H,21,25)/b19-10-. The molecule has 3 rings (SSSR count). The Bertz CT molecular complexity index is 981. The Morgan fingerprint density at radius 2 is 2.20 bits per heavy atom. The van der Waals surface area contributed by atoms with Crippen molar-refractivity contribution in [1.29, 1.82) is 0 Å². The van der Waals surface area contributed by atoms with E-state index in [1.807, 2.05) is 19.1 Å². The van der Waals surface area contributed by atoms with Crippen LogP contribution in [-0.2, 0) is 0 Å². The first-order valence-corrected chi connectivity index (χ1v) is 8.30. The Labute approximate surface area is 154 Å². The van der Waals surface area contributed by atoms with Crippen LogP contribution in [0.15, 0.2) is 47.6 Å².